The van der Waals surface area contributed by atoms with Crippen LogP contribution in [0.15, 0.2) is 12.4 Å². The molecule has 0 aliphatic heterocycles. The fourth-order valence-electron chi connectivity index (χ4n) is 1.43. The second kappa shape index (κ2) is 6.50. The molecule has 0 fully saturated rings. The van der Waals surface area contributed by atoms with E-state index in [0.29, 0.717) is 18.2 Å². The predicted octanol–water partition coefficient (Wildman–Crippen LogP) is 2.94. The third-order valence-corrected chi connectivity index (χ3v) is 2.59. The molecule has 1 heterocycles. The van der Waals surface area contributed by atoms with Crippen molar-refractivity contribution < 1.29 is 4.79 Å². The Morgan fingerprint density at radius 2 is 1.84 bits per heavy atom. The van der Waals surface area contributed by atoms with Crippen molar-refractivity contribution in [1.82, 2.24) is 15.3 Å². The van der Waals surface area contributed by atoms with E-state index in [2.05, 4.69) is 34.4 Å². The second-order valence-electron chi connectivity index (χ2n) is 6.11. The Hall–Kier alpha value is -1.65. The van der Waals surface area contributed by atoms with Gasteiger partial charge in [0.1, 0.15) is 5.82 Å². The van der Waals surface area contributed by atoms with E-state index in [4.69, 9.17) is 0 Å². The molecule has 0 bridgehead atoms. The second-order valence-corrected chi connectivity index (χ2v) is 6.11. The zero-order valence-electron chi connectivity index (χ0n) is 12.4. The van der Waals surface area contributed by atoms with Crippen molar-refractivity contribution in [3.8, 4) is 0 Å². The van der Waals surface area contributed by atoms with Crippen LogP contribution in [0.5, 0.6) is 0 Å². The van der Waals surface area contributed by atoms with Gasteiger partial charge in [0.15, 0.2) is 0 Å². The summed E-state index contributed by atoms with van der Waals surface area (Å²) in [6.07, 6.45) is 4.23. The van der Waals surface area contributed by atoms with Crippen molar-refractivity contribution in [2.45, 2.75) is 46.5 Å². The molecule has 1 aromatic heterocycles. The number of rotatable bonds is 4. The highest BCUT2D eigenvalue weighted by atomic mass is 16.2. The molecule has 1 rings (SSSR count). The van der Waals surface area contributed by atoms with Crippen LogP contribution in [0.2, 0.25) is 0 Å². The Labute approximate surface area is 115 Å². The summed E-state index contributed by atoms with van der Waals surface area (Å²) in [5.41, 5.74) is 0.521. The summed E-state index contributed by atoms with van der Waals surface area (Å²) in [4.78, 5) is 20.1. The van der Waals surface area contributed by atoms with Crippen molar-refractivity contribution in [3.63, 3.8) is 0 Å². The van der Waals surface area contributed by atoms with Gasteiger partial charge >= 0.3 is 6.03 Å². The molecule has 0 spiro atoms. The van der Waals surface area contributed by atoms with Gasteiger partial charge in [-0.1, -0.05) is 34.6 Å². The molecule has 2 N–H and O–H groups in total. The van der Waals surface area contributed by atoms with Crippen LogP contribution in [-0.4, -0.2) is 22.5 Å². The molecular formula is C14H24N4O. The van der Waals surface area contributed by atoms with E-state index in [1.807, 2.05) is 20.8 Å². The first-order chi connectivity index (χ1) is 8.79. The summed E-state index contributed by atoms with van der Waals surface area (Å²) < 4.78 is 0. The zero-order chi connectivity index (χ0) is 14.5. The molecule has 0 saturated carbocycles. The van der Waals surface area contributed by atoms with Crippen molar-refractivity contribution in [2.24, 2.45) is 5.92 Å². The van der Waals surface area contributed by atoms with Crippen LogP contribution in [0, 0.1) is 5.92 Å². The van der Waals surface area contributed by atoms with Gasteiger partial charge in [-0.05, 0) is 12.3 Å². The van der Waals surface area contributed by atoms with Crippen LogP contribution >= 0.6 is 0 Å². The topological polar surface area (TPSA) is 66.9 Å². The molecule has 0 aliphatic carbocycles. The number of hydrogen-bond acceptors (Lipinski definition) is 3. The quantitative estimate of drug-likeness (QED) is 0.878. The normalized spacial score (nSPS) is 11.5. The van der Waals surface area contributed by atoms with E-state index in [1.54, 1.807) is 12.4 Å². The van der Waals surface area contributed by atoms with Gasteiger partial charge in [0.2, 0.25) is 0 Å². The number of carbonyl (C=O) groups excluding carboxylic acids is 1. The number of hydrogen-bond donors (Lipinski definition) is 2. The maximum atomic E-state index is 11.6. The summed E-state index contributed by atoms with van der Waals surface area (Å²) in [5, 5.41) is 5.52. The summed E-state index contributed by atoms with van der Waals surface area (Å²) in [6.45, 7) is 11.1. The van der Waals surface area contributed by atoms with E-state index >= 15 is 0 Å². The van der Waals surface area contributed by atoms with Crippen molar-refractivity contribution in [2.75, 3.05) is 11.9 Å². The molecule has 0 aromatic carbocycles. The molecule has 106 valence electrons. The Balaban J connectivity index is 2.47. The number of urea groups is 1. The van der Waals surface area contributed by atoms with Crippen molar-refractivity contribution in [3.05, 3.63) is 18.2 Å². The minimum absolute atomic E-state index is 0.0853. The Morgan fingerprint density at radius 3 is 2.32 bits per heavy atom. The van der Waals surface area contributed by atoms with Gasteiger partial charge < -0.3 is 10.6 Å². The standard InChI is InChI=1S/C14H24N4O/c1-10(2)6-7-15-13(19)18-11-8-16-12(17-9-11)14(3,4)5/h8-10H,6-7H2,1-5H3,(H2,15,18,19). The fourth-order valence-corrected chi connectivity index (χ4v) is 1.43. The molecule has 0 atom stereocenters. The number of aromatic nitrogens is 2. The third-order valence-electron chi connectivity index (χ3n) is 2.59. The Bertz CT molecular complexity index is 406. The van der Waals surface area contributed by atoms with Gasteiger partial charge in [0.05, 0.1) is 18.1 Å². The molecule has 5 nitrogen and oxygen atoms in total. The van der Waals surface area contributed by atoms with Crippen LogP contribution < -0.4 is 10.6 Å². The number of nitrogens with zero attached hydrogens (tertiary/aromatic N) is 2. The Morgan fingerprint density at radius 1 is 1.26 bits per heavy atom. The lowest BCUT2D eigenvalue weighted by Crippen LogP contribution is -2.30. The molecule has 0 aliphatic rings. The van der Waals surface area contributed by atoms with E-state index < -0.39 is 0 Å². The number of carbonyl (C=O) groups is 1. The van der Waals surface area contributed by atoms with Crippen LogP contribution in [-0.2, 0) is 5.41 Å². The van der Waals surface area contributed by atoms with E-state index in [-0.39, 0.29) is 11.4 Å². The first-order valence-electron chi connectivity index (χ1n) is 6.66. The van der Waals surface area contributed by atoms with Gasteiger partial charge in [0, 0.05) is 12.0 Å². The molecule has 5 heteroatoms. The smallest absolute Gasteiger partial charge is 0.319 e. The number of anilines is 1. The summed E-state index contributed by atoms with van der Waals surface area (Å²) >= 11 is 0. The summed E-state index contributed by atoms with van der Waals surface area (Å²) in [7, 11) is 0. The molecule has 1 aromatic rings. The highest BCUT2D eigenvalue weighted by Gasteiger charge is 2.16. The third kappa shape index (κ3) is 5.68. The highest BCUT2D eigenvalue weighted by molar-refractivity contribution is 5.88. The lowest BCUT2D eigenvalue weighted by atomic mass is 9.96. The van der Waals surface area contributed by atoms with Crippen LogP contribution in [0.4, 0.5) is 10.5 Å². The van der Waals surface area contributed by atoms with Crippen LogP contribution in [0.25, 0.3) is 0 Å². The molecular weight excluding hydrogens is 240 g/mol. The average molecular weight is 264 g/mol. The van der Waals surface area contributed by atoms with Crippen LogP contribution in [0.1, 0.15) is 46.9 Å². The zero-order valence-corrected chi connectivity index (χ0v) is 12.4. The van der Waals surface area contributed by atoms with Gasteiger partial charge in [0.25, 0.3) is 0 Å². The maximum Gasteiger partial charge on any atom is 0.319 e. The SMILES string of the molecule is CC(C)CCNC(=O)Nc1cnc(C(C)(C)C)nc1. The largest absolute Gasteiger partial charge is 0.338 e. The highest BCUT2D eigenvalue weighted by Crippen LogP contribution is 2.18. The minimum atomic E-state index is -0.215. The maximum absolute atomic E-state index is 11.6. The lowest BCUT2D eigenvalue weighted by Gasteiger charge is -2.16. The first kappa shape index (κ1) is 15.4. The molecule has 0 saturated heterocycles. The minimum Gasteiger partial charge on any atom is -0.338 e. The fraction of sp³-hybridized carbons (Fsp3) is 0.643. The van der Waals surface area contributed by atoms with Gasteiger partial charge in [-0.2, -0.15) is 0 Å². The molecule has 0 unspecified atom stereocenters. The van der Waals surface area contributed by atoms with E-state index in [0.717, 1.165) is 12.2 Å². The molecule has 19 heavy (non-hydrogen) atoms. The van der Waals surface area contributed by atoms with Crippen molar-refractivity contribution in [1.29, 1.82) is 0 Å². The average Bonchev–Trinajstić information content (AvgIpc) is 2.27. The first-order valence-corrected chi connectivity index (χ1v) is 6.66. The monoisotopic (exact) mass is 264 g/mol. The van der Waals surface area contributed by atoms with E-state index in [9.17, 15) is 4.79 Å². The van der Waals surface area contributed by atoms with Crippen LogP contribution in [0.3, 0.4) is 0 Å². The predicted molar refractivity (Wildman–Crippen MR) is 77.2 cm³/mol. The van der Waals surface area contributed by atoms with E-state index in [1.165, 1.54) is 0 Å². The van der Waals surface area contributed by atoms with Gasteiger partial charge in [-0.25, -0.2) is 14.8 Å². The molecule has 0 radical (unpaired) electrons. The van der Waals surface area contributed by atoms with Crippen molar-refractivity contribution >= 4 is 11.7 Å². The van der Waals surface area contributed by atoms with Gasteiger partial charge in [-0.15, -0.1) is 0 Å². The number of nitrogens with one attached hydrogen (secondary N) is 2. The number of amides is 2. The van der Waals surface area contributed by atoms with Gasteiger partial charge in [-0.3, -0.25) is 0 Å². The Kier molecular flexibility index (Phi) is 5.27. The summed E-state index contributed by atoms with van der Waals surface area (Å²) in [5.74, 6) is 1.34. The molecule has 2 amide bonds. The lowest BCUT2D eigenvalue weighted by molar-refractivity contribution is 0.251. The summed E-state index contributed by atoms with van der Waals surface area (Å²) in [6, 6.07) is -0.215.